The van der Waals surface area contributed by atoms with Gasteiger partial charge in [0.25, 0.3) is 5.91 Å². The van der Waals surface area contributed by atoms with Crippen molar-refractivity contribution in [2.75, 3.05) is 44.6 Å². The van der Waals surface area contributed by atoms with Gasteiger partial charge in [0.2, 0.25) is 5.43 Å². The minimum absolute atomic E-state index is 0.0318. The predicted molar refractivity (Wildman–Crippen MR) is 128 cm³/mol. The number of hydrogen-bond donors (Lipinski definition) is 3. The lowest BCUT2D eigenvalue weighted by atomic mass is 10.1. The number of carbonyl (C=O) groups is 1. The summed E-state index contributed by atoms with van der Waals surface area (Å²) in [5, 5.41) is 15.5. The number of anilines is 1. The Kier molecular flexibility index (Phi) is 5.77. The lowest BCUT2D eigenvalue weighted by Crippen LogP contribution is -2.35. The van der Waals surface area contributed by atoms with Gasteiger partial charge < -0.3 is 20.6 Å². The molecule has 1 aliphatic heterocycles. The second kappa shape index (κ2) is 8.85. The number of fused-ring (bicyclic) bond motifs is 5. The highest BCUT2D eigenvalue weighted by molar-refractivity contribution is 7.24. The van der Waals surface area contributed by atoms with E-state index in [1.807, 2.05) is 28.7 Å². The lowest BCUT2D eigenvalue weighted by molar-refractivity contribution is 0.0950. The molecule has 1 aliphatic rings. The number of benzene rings is 1. The number of aliphatic hydroxyl groups excluding tert-OH is 1. The molecule has 1 fully saturated rings. The highest BCUT2D eigenvalue weighted by Crippen LogP contribution is 2.31. The van der Waals surface area contributed by atoms with Crippen LogP contribution < -0.4 is 16.1 Å². The van der Waals surface area contributed by atoms with E-state index in [1.54, 1.807) is 12.3 Å². The van der Waals surface area contributed by atoms with E-state index < -0.39 is 0 Å². The van der Waals surface area contributed by atoms with E-state index in [4.69, 9.17) is 5.11 Å². The number of carbonyl (C=O) groups excluding carboxylic acids is 1. The van der Waals surface area contributed by atoms with Crippen molar-refractivity contribution in [1.82, 2.24) is 19.6 Å². The standard InChI is InChI=1S/C23H25N5O3S/c29-12-8-24-15-13-16-20(30)19(22(31)25-7-11-27-9-3-4-10-27)23-28(21(16)26-14-15)17-5-1-2-6-18(17)32-23/h1-2,5-6,13-14,24,29H,3-4,7-12H2,(H,25,31). The zero-order valence-electron chi connectivity index (χ0n) is 17.6. The summed E-state index contributed by atoms with van der Waals surface area (Å²) in [4.78, 5) is 34.2. The fraction of sp³-hybridized carbons (Fsp3) is 0.348. The van der Waals surface area contributed by atoms with Crippen LogP contribution in [0.3, 0.4) is 0 Å². The molecule has 0 bridgehead atoms. The Morgan fingerprint density at radius 1 is 1.19 bits per heavy atom. The van der Waals surface area contributed by atoms with E-state index in [0.717, 1.165) is 29.9 Å². The molecule has 0 atom stereocenters. The van der Waals surface area contributed by atoms with Crippen molar-refractivity contribution in [3.05, 3.63) is 52.3 Å². The minimum Gasteiger partial charge on any atom is -0.395 e. The van der Waals surface area contributed by atoms with Crippen LogP contribution in [-0.2, 0) is 0 Å². The molecular weight excluding hydrogens is 426 g/mol. The smallest absolute Gasteiger partial charge is 0.258 e. The minimum atomic E-state index is -0.353. The normalized spacial score (nSPS) is 14.5. The molecule has 4 aromatic rings. The Balaban J connectivity index is 1.62. The van der Waals surface area contributed by atoms with Crippen LogP contribution in [0.15, 0.2) is 41.3 Å². The van der Waals surface area contributed by atoms with Gasteiger partial charge in [-0.05, 0) is 44.1 Å². The van der Waals surface area contributed by atoms with E-state index in [9.17, 15) is 9.59 Å². The first kappa shape index (κ1) is 20.9. The van der Waals surface area contributed by atoms with E-state index in [1.165, 1.54) is 24.2 Å². The molecular formula is C23H25N5O3S. The van der Waals surface area contributed by atoms with Gasteiger partial charge in [-0.25, -0.2) is 4.98 Å². The summed E-state index contributed by atoms with van der Waals surface area (Å²) in [5.41, 5.74) is 1.88. The molecule has 0 aliphatic carbocycles. The predicted octanol–water partition coefficient (Wildman–Crippen LogP) is 2.29. The molecule has 1 saturated heterocycles. The van der Waals surface area contributed by atoms with Crippen LogP contribution in [-0.4, -0.2) is 64.6 Å². The molecule has 5 rings (SSSR count). The van der Waals surface area contributed by atoms with Crippen molar-refractivity contribution in [2.24, 2.45) is 0 Å². The third-order valence-corrected chi connectivity index (χ3v) is 7.01. The van der Waals surface area contributed by atoms with Gasteiger partial charge >= 0.3 is 0 Å². The molecule has 3 N–H and O–H groups in total. The molecule has 4 heterocycles. The molecule has 0 saturated carbocycles. The maximum Gasteiger partial charge on any atom is 0.258 e. The third-order valence-electron chi connectivity index (χ3n) is 5.86. The van der Waals surface area contributed by atoms with Crippen LogP contribution in [0.25, 0.3) is 26.1 Å². The fourth-order valence-corrected chi connectivity index (χ4v) is 5.50. The highest BCUT2D eigenvalue weighted by Gasteiger charge is 2.23. The first-order chi connectivity index (χ1) is 15.7. The van der Waals surface area contributed by atoms with Gasteiger partial charge in [-0.3, -0.25) is 14.0 Å². The van der Waals surface area contributed by atoms with Crippen LogP contribution >= 0.6 is 11.3 Å². The molecule has 0 radical (unpaired) electrons. The molecule has 0 spiro atoms. The van der Waals surface area contributed by atoms with Gasteiger partial charge in [0.1, 0.15) is 16.0 Å². The molecule has 3 aromatic heterocycles. The molecule has 1 aromatic carbocycles. The van der Waals surface area contributed by atoms with E-state index in [2.05, 4.69) is 20.5 Å². The van der Waals surface area contributed by atoms with Gasteiger partial charge in [0.05, 0.1) is 34.1 Å². The number of hydrogen-bond acceptors (Lipinski definition) is 7. The average molecular weight is 452 g/mol. The van der Waals surface area contributed by atoms with Crippen LogP contribution in [0.2, 0.25) is 0 Å². The number of pyridine rings is 2. The molecule has 1 amide bonds. The van der Waals surface area contributed by atoms with Gasteiger partial charge in [-0.2, -0.15) is 0 Å². The lowest BCUT2D eigenvalue weighted by Gasteiger charge is -2.15. The topological polar surface area (TPSA) is 99.0 Å². The van der Waals surface area contributed by atoms with Gasteiger partial charge in [-0.15, -0.1) is 11.3 Å². The number of nitrogens with one attached hydrogen (secondary N) is 2. The zero-order chi connectivity index (χ0) is 22.1. The van der Waals surface area contributed by atoms with Gasteiger partial charge in [-0.1, -0.05) is 12.1 Å². The number of aliphatic hydroxyl groups is 1. The number of likely N-dealkylation sites (tertiary alicyclic amines) is 1. The molecule has 166 valence electrons. The molecule has 8 nitrogen and oxygen atoms in total. The van der Waals surface area contributed by atoms with E-state index in [0.29, 0.717) is 34.6 Å². The van der Waals surface area contributed by atoms with Crippen LogP contribution in [0.4, 0.5) is 5.69 Å². The monoisotopic (exact) mass is 451 g/mol. The largest absolute Gasteiger partial charge is 0.395 e. The number of rotatable bonds is 7. The number of thiazole rings is 1. The van der Waals surface area contributed by atoms with Crippen molar-refractivity contribution in [3.63, 3.8) is 0 Å². The average Bonchev–Trinajstić information content (AvgIpc) is 3.45. The number of nitrogens with zero attached hydrogens (tertiary/aromatic N) is 3. The Morgan fingerprint density at radius 3 is 2.81 bits per heavy atom. The van der Waals surface area contributed by atoms with Gasteiger partial charge in [0, 0.05) is 19.6 Å². The maximum atomic E-state index is 13.5. The number of para-hydroxylation sites is 1. The summed E-state index contributed by atoms with van der Waals surface area (Å²) in [6.45, 7) is 3.73. The fourth-order valence-electron chi connectivity index (χ4n) is 4.31. The molecule has 32 heavy (non-hydrogen) atoms. The quantitative estimate of drug-likeness (QED) is 0.399. The summed E-state index contributed by atoms with van der Waals surface area (Å²) in [6.07, 6.45) is 4.04. The Bertz CT molecular complexity index is 1360. The second-order valence-electron chi connectivity index (χ2n) is 7.96. The van der Waals surface area contributed by atoms with Crippen molar-refractivity contribution in [3.8, 4) is 0 Å². The van der Waals surface area contributed by atoms with Crippen LogP contribution in [0, 0.1) is 0 Å². The third kappa shape index (κ3) is 3.72. The Morgan fingerprint density at radius 2 is 2.00 bits per heavy atom. The summed E-state index contributed by atoms with van der Waals surface area (Å²) in [7, 11) is 0. The maximum absolute atomic E-state index is 13.5. The molecule has 9 heteroatoms. The van der Waals surface area contributed by atoms with Crippen molar-refractivity contribution in [2.45, 2.75) is 12.8 Å². The number of aromatic nitrogens is 2. The first-order valence-corrected chi connectivity index (χ1v) is 11.7. The summed E-state index contributed by atoms with van der Waals surface area (Å²) in [6, 6.07) is 9.54. The van der Waals surface area contributed by atoms with Crippen molar-refractivity contribution < 1.29 is 9.90 Å². The summed E-state index contributed by atoms with van der Waals surface area (Å²) in [5.74, 6) is -0.353. The molecule has 0 unspecified atom stereocenters. The van der Waals surface area contributed by atoms with E-state index >= 15 is 0 Å². The number of amides is 1. The van der Waals surface area contributed by atoms with Crippen LogP contribution in [0.1, 0.15) is 23.2 Å². The SMILES string of the molecule is O=C(NCCN1CCCC1)c1c(=O)c2cc(NCCO)cnc2n2c1sc1ccccc12. The highest BCUT2D eigenvalue weighted by atomic mass is 32.1. The summed E-state index contributed by atoms with van der Waals surface area (Å²) < 4.78 is 2.89. The Labute approximate surface area is 188 Å². The van der Waals surface area contributed by atoms with Crippen LogP contribution in [0.5, 0.6) is 0 Å². The van der Waals surface area contributed by atoms with Gasteiger partial charge in [0.15, 0.2) is 0 Å². The second-order valence-corrected chi connectivity index (χ2v) is 9.00. The van der Waals surface area contributed by atoms with Crippen molar-refractivity contribution >= 4 is 49.0 Å². The zero-order valence-corrected chi connectivity index (χ0v) is 18.5. The Hall–Kier alpha value is -3.01. The summed E-state index contributed by atoms with van der Waals surface area (Å²) >= 11 is 1.43. The first-order valence-electron chi connectivity index (χ1n) is 10.9. The van der Waals surface area contributed by atoms with E-state index in [-0.39, 0.29) is 23.5 Å². The van der Waals surface area contributed by atoms with Crippen molar-refractivity contribution in [1.29, 1.82) is 0 Å².